The highest BCUT2D eigenvalue weighted by molar-refractivity contribution is 5.94. The molecule has 110 valence electrons. The Bertz CT molecular complexity index is 487. The first-order valence-corrected chi connectivity index (χ1v) is 6.06. The number of rotatable bonds is 5. The van der Waals surface area contributed by atoms with Crippen molar-refractivity contribution in [1.29, 1.82) is 0 Å². The third kappa shape index (κ3) is 4.42. The van der Waals surface area contributed by atoms with Crippen molar-refractivity contribution in [2.24, 2.45) is 0 Å². The van der Waals surface area contributed by atoms with Crippen LogP contribution >= 0.6 is 0 Å². The highest BCUT2D eigenvalue weighted by Crippen LogP contribution is 2.12. The average Bonchev–Trinajstić information content (AvgIpc) is 2.84. The van der Waals surface area contributed by atoms with Gasteiger partial charge in [-0.2, -0.15) is 0 Å². The summed E-state index contributed by atoms with van der Waals surface area (Å²) in [6.07, 6.45) is 1.35. The number of carbonyl (C=O) groups is 3. The molecule has 2 N–H and O–H groups in total. The van der Waals surface area contributed by atoms with Crippen molar-refractivity contribution in [3.8, 4) is 0 Å². The maximum Gasteiger partial charge on any atom is 0.323 e. The van der Waals surface area contributed by atoms with E-state index in [0.717, 1.165) is 0 Å². The van der Waals surface area contributed by atoms with Gasteiger partial charge >= 0.3 is 5.97 Å². The Kier molecular flexibility index (Phi) is 4.90. The van der Waals surface area contributed by atoms with E-state index in [9.17, 15) is 14.4 Å². The van der Waals surface area contributed by atoms with Gasteiger partial charge in [-0.05, 0) is 32.9 Å². The van der Waals surface area contributed by atoms with Gasteiger partial charge in [0.05, 0.1) is 12.8 Å². The zero-order valence-electron chi connectivity index (χ0n) is 11.7. The van der Waals surface area contributed by atoms with Crippen molar-refractivity contribution in [3.05, 3.63) is 24.2 Å². The number of carbonyl (C=O) groups excluding carboxylic acids is 2. The summed E-state index contributed by atoms with van der Waals surface area (Å²) in [7, 11) is 0. The molecule has 1 heterocycles. The Morgan fingerprint density at radius 3 is 2.45 bits per heavy atom. The normalized spacial score (nSPS) is 10.9. The zero-order valence-corrected chi connectivity index (χ0v) is 11.7. The van der Waals surface area contributed by atoms with Crippen LogP contribution in [0.1, 0.15) is 31.3 Å². The van der Waals surface area contributed by atoms with Gasteiger partial charge in [-0.15, -0.1) is 0 Å². The van der Waals surface area contributed by atoms with Crippen LogP contribution in [0.4, 0.5) is 0 Å². The van der Waals surface area contributed by atoms with Crippen molar-refractivity contribution in [2.45, 2.75) is 26.3 Å². The number of amides is 2. The van der Waals surface area contributed by atoms with E-state index < -0.39 is 29.9 Å². The van der Waals surface area contributed by atoms with E-state index in [0.29, 0.717) is 0 Å². The Morgan fingerprint density at radius 2 is 2.00 bits per heavy atom. The van der Waals surface area contributed by atoms with E-state index in [-0.39, 0.29) is 12.3 Å². The molecule has 20 heavy (non-hydrogen) atoms. The second-order valence-corrected chi connectivity index (χ2v) is 5.20. The number of hydrogen-bond donors (Lipinski definition) is 2. The van der Waals surface area contributed by atoms with E-state index in [1.807, 2.05) is 0 Å². The van der Waals surface area contributed by atoms with Crippen LogP contribution in [-0.2, 0) is 9.59 Å². The molecule has 1 aromatic heterocycles. The van der Waals surface area contributed by atoms with Crippen molar-refractivity contribution in [1.82, 2.24) is 10.2 Å². The fourth-order valence-corrected chi connectivity index (χ4v) is 1.58. The maximum absolute atomic E-state index is 12.0. The highest BCUT2D eigenvalue weighted by atomic mass is 16.4. The second-order valence-electron chi connectivity index (χ2n) is 5.20. The first-order valence-electron chi connectivity index (χ1n) is 6.06. The third-order valence-corrected chi connectivity index (χ3v) is 2.55. The van der Waals surface area contributed by atoms with Crippen LogP contribution in [0.25, 0.3) is 0 Å². The largest absolute Gasteiger partial charge is 0.480 e. The molecule has 0 aliphatic carbocycles. The first-order chi connectivity index (χ1) is 9.21. The predicted molar refractivity (Wildman–Crippen MR) is 70.1 cm³/mol. The van der Waals surface area contributed by atoms with Gasteiger partial charge in [-0.1, -0.05) is 0 Å². The van der Waals surface area contributed by atoms with Gasteiger partial charge < -0.3 is 19.7 Å². The van der Waals surface area contributed by atoms with E-state index in [1.54, 1.807) is 26.8 Å². The van der Waals surface area contributed by atoms with Crippen LogP contribution in [0, 0.1) is 0 Å². The summed E-state index contributed by atoms with van der Waals surface area (Å²) in [5.41, 5.74) is -0.648. The molecule has 0 atom stereocenters. The molecule has 0 radical (unpaired) electrons. The fraction of sp³-hybridized carbons (Fsp3) is 0.462. The highest BCUT2D eigenvalue weighted by Gasteiger charge is 2.28. The lowest BCUT2D eigenvalue weighted by molar-refractivity contribution is -0.147. The number of aliphatic carboxylic acids is 1. The molecule has 7 heteroatoms. The van der Waals surface area contributed by atoms with Crippen LogP contribution < -0.4 is 5.32 Å². The lowest BCUT2D eigenvalue weighted by Gasteiger charge is -2.34. The smallest absolute Gasteiger partial charge is 0.323 e. The van der Waals surface area contributed by atoms with E-state index in [2.05, 4.69) is 5.32 Å². The van der Waals surface area contributed by atoms with Crippen LogP contribution in [0.3, 0.4) is 0 Å². The molecule has 0 aromatic carbocycles. The Balaban J connectivity index is 2.63. The molecule has 0 saturated carbocycles. The fourth-order valence-electron chi connectivity index (χ4n) is 1.58. The summed E-state index contributed by atoms with van der Waals surface area (Å²) < 4.78 is 4.89. The van der Waals surface area contributed by atoms with Gasteiger partial charge in [-0.25, -0.2) is 0 Å². The average molecular weight is 282 g/mol. The summed E-state index contributed by atoms with van der Waals surface area (Å²) in [5, 5.41) is 11.2. The number of nitrogens with one attached hydrogen (secondary N) is 1. The van der Waals surface area contributed by atoms with Gasteiger partial charge in [0.2, 0.25) is 5.91 Å². The van der Waals surface area contributed by atoms with E-state index in [1.165, 1.54) is 17.2 Å². The molecule has 1 rings (SSSR count). The van der Waals surface area contributed by atoms with Crippen molar-refractivity contribution >= 4 is 17.8 Å². The van der Waals surface area contributed by atoms with Gasteiger partial charge in [0.15, 0.2) is 5.76 Å². The predicted octanol–water partition coefficient (Wildman–Crippen LogP) is 0.721. The SMILES string of the molecule is CC(C)(C)N(CC(=O)O)C(=O)CNC(=O)c1ccco1. The molecule has 0 spiro atoms. The van der Waals surface area contributed by atoms with E-state index >= 15 is 0 Å². The van der Waals surface area contributed by atoms with Gasteiger partial charge in [0.1, 0.15) is 6.54 Å². The zero-order chi connectivity index (χ0) is 15.3. The summed E-state index contributed by atoms with van der Waals surface area (Å²) in [5.74, 6) is -2.00. The van der Waals surface area contributed by atoms with Crippen molar-refractivity contribution < 1.29 is 23.9 Å². The number of nitrogens with zero attached hydrogens (tertiary/aromatic N) is 1. The first kappa shape index (κ1) is 15.7. The molecular weight excluding hydrogens is 264 g/mol. The Labute approximate surface area is 116 Å². The topological polar surface area (TPSA) is 99.9 Å². The van der Waals surface area contributed by atoms with Crippen LogP contribution in [0.2, 0.25) is 0 Å². The molecule has 0 fully saturated rings. The minimum absolute atomic E-state index is 0.0957. The third-order valence-electron chi connectivity index (χ3n) is 2.55. The maximum atomic E-state index is 12.0. The molecular formula is C13H18N2O5. The monoisotopic (exact) mass is 282 g/mol. The lowest BCUT2D eigenvalue weighted by Crippen LogP contribution is -2.51. The standard InChI is InChI=1S/C13H18N2O5/c1-13(2,3)15(8-11(17)18)10(16)7-14-12(19)9-5-4-6-20-9/h4-6H,7-8H2,1-3H3,(H,14,19)(H,17,18). The quantitative estimate of drug-likeness (QED) is 0.829. The number of carboxylic acids is 1. The minimum atomic E-state index is -1.11. The Hall–Kier alpha value is -2.31. The van der Waals surface area contributed by atoms with Crippen LogP contribution in [-0.4, -0.2) is 46.4 Å². The molecule has 0 aliphatic rings. The summed E-state index contributed by atoms with van der Waals surface area (Å²) in [6.45, 7) is 4.47. The second kappa shape index (κ2) is 6.23. The van der Waals surface area contributed by atoms with Gasteiger partial charge in [0.25, 0.3) is 5.91 Å². The van der Waals surface area contributed by atoms with Crippen LogP contribution in [0.15, 0.2) is 22.8 Å². The number of furan rings is 1. The molecule has 0 aliphatic heterocycles. The molecule has 1 aromatic rings. The summed E-state index contributed by atoms with van der Waals surface area (Å²) >= 11 is 0. The van der Waals surface area contributed by atoms with E-state index in [4.69, 9.17) is 9.52 Å². The summed E-state index contributed by atoms with van der Waals surface area (Å²) in [4.78, 5) is 35.6. The van der Waals surface area contributed by atoms with Gasteiger partial charge in [0, 0.05) is 5.54 Å². The molecule has 0 unspecified atom stereocenters. The molecule has 0 saturated heterocycles. The summed E-state index contributed by atoms with van der Waals surface area (Å²) in [6, 6.07) is 3.03. The molecule has 0 bridgehead atoms. The lowest BCUT2D eigenvalue weighted by atomic mass is 10.1. The van der Waals surface area contributed by atoms with Crippen molar-refractivity contribution in [2.75, 3.05) is 13.1 Å². The van der Waals surface area contributed by atoms with Crippen LogP contribution in [0.5, 0.6) is 0 Å². The number of carboxylic acid groups (broad SMARTS) is 1. The number of hydrogen-bond acceptors (Lipinski definition) is 4. The molecule has 2 amide bonds. The Morgan fingerprint density at radius 1 is 1.35 bits per heavy atom. The molecule has 7 nitrogen and oxygen atoms in total. The van der Waals surface area contributed by atoms with Gasteiger partial charge in [-0.3, -0.25) is 14.4 Å². The van der Waals surface area contributed by atoms with Crippen molar-refractivity contribution in [3.63, 3.8) is 0 Å². The minimum Gasteiger partial charge on any atom is -0.480 e.